The third-order valence-electron chi connectivity index (χ3n) is 13.8. The Morgan fingerprint density at radius 3 is 2.30 bits per heavy atom. The molecule has 0 aromatic heterocycles. The molecule has 0 amide bonds. The van der Waals surface area contributed by atoms with Crippen LogP contribution in [0.3, 0.4) is 0 Å². The lowest BCUT2D eigenvalue weighted by Gasteiger charge is -2.72. The highest BCUT2D eigenvalue weighted by Crippen LogP contribution is 2.76. The second kappa shape index (κ2) is 8.28. The monoisotopic (exact) mass is 518 g/mol. The first-order chi connectivity index (χ1) is 17.0. The number of carboxylic acid groups (broad SMARTS) is 1. The van der Waals surface area contributed by atoms with Crippen molar-refractivity contribution in [3.8, 4) is 0 Å². The Bertz CT molecular complexity index is 990. The van der Waals surface area contributed by atoms with Gasteiger partial charge in [-0.25, -0.2) is 0 Å². The van der Waals surface area contributed by atoms with E-state index in [1.165, 1.54) is 5.57 Å². The summed E-state index contributed by atoms with van der Waals surface area (Å²) >= 11 is 0. The molecule has 0 radical (unpaired) electrons. The van der Waals surface area contributed by atoms with E-state index in [-0.39, 0.29) is 52.9 Å². The Morgan fingerprint density at radius 1 is 1.00 bits per heavy atom. The molecule has 0 saturated heterocycles. The smallest absolute Gasteiger partial charge is 0.303 e. The van der Waals surface area contributed by atoms with Crippen molar-refractivity contribution in [2.24, 2.45) is 50.7 Å². The largest absolute Gasteiger partial charge is 0.481 e. The van der Waals surface area contributed by atoms with Gasteiger partial charge in [0.1, 0.15) is 0 Å². The van der Waals surface area contributed by atoms with Crippen LogP contribution in [0.15, 0.2) is 11.6 Å². The average Bonchev–Trinajstić information content (AvgIpc) is 2.80. The Balaban J connectivity index is 1.63. The van der Waals surface area contributed by atoms with Crippen molar-refractivity contribution in [1.29, 1.82) is 0 Å². The van der Waals surface area contributed by atoms with Crippen molar-refractivity contribution in [2.45, 2.75) is 117 Å². The Hall–Kier alpha value is -0.950. The number of aliphatic hydroxyl groups excluding tert-OH is 3. The predicted molar refractivity (Wildman–Crippen MR) is 141 cm³/mol. The molecular weight excluding hydrogens is 468 g/mol. The fourth-order valence-corrected chi connectivity index (χ4v) is 11.4. The number of hydrogen-bond donors (Lipinski definition) is 5. The minimum Gasteiger partial charge on any atom is -0.481 e. The normalized spacial score (nSPS) is 57.3. The molecule has 4 fully saturated rings. The Labute approximate surface area is 222 Å². The minimum atomic E-state index is -0.966. The van der Waals surface area contributed by atoms with Gasteiger partial charge in [-0.1, -0.05) is 46.3 Å². The third kappa shape index (κ3) is 3.34. The number of fused-ring (bicyclic) bond motifs is 7. The van der Waals surface area contributed by atoms with Gasteiger partial charge in [-0.2, -0.15) is 0 Å². The van der Waals surface area contributed by atoms with Crippen LogP contribution in [0.2, 0.25) is 0 Å². The van der Waals surface area contributed by atoms with Crippen molar-refractivity contribution < 1.29 is 30.3 Å². The van der Waals surface area contributed by atoms with E-state index in [9.17, 15) is 30.3 Å². The molecule has 0 heterocycles. The molecule has 5 rings (SSSR count). The van der Waals surface area contributed by atoms with E-state index >= 15 is 0 Å². The van der Waals surface area contributed by atoms with Crippen LogP contribution in [0.5, 0.6) is 0 Å². The maximum atomic E-state index is 12.1. The lowest BCUT2D eigenvalue weighted by molar-refractivity contribution is -0.247. The average molecular weight is 519 g/mol. The van der Waals surface area contributed by atoms with Gasteiger partial charge < -0.3 is 25.5 Å². The predicted octanol–water partition coefficient (Wildman–Crippen LogP) is 4.54. The summed E-state index contributed by atoms with van der Waals surface area (Å²) in [5.74, 6) is -0.485. The van der Waals surface area contributed by atoms with E-state index < -0.39 is 34.6 Å². The van der Waals surface area contributed by atoms with Crippen molar-refractivity contribution in [2.75, 3.05) is 6.61 Å². The van der Waals surface area contributed by atoms with E-state index in [0.29, 0.717) is 6.42 Å². The molecule has 5 aliphatic rings. The van der Waals surface area contributed by atoms with Gasteiger partial charge in [-0.3, -0.25) is 4.79 Å². The molecule has 0 aromatic carbocycles. The fourth-order valence-electron chi connectivity index (χ4n) is 11.4. The molecule has 3 unspecified atom stereocenters. The number of carboxylic acids is 1. The zero-order valence-electron chi connectivity index (χ0n) is 23.8. The molecule has 210 valence electrons. The van der Waals surface area contributed by atoms with Gasteiger partial charge in [-0.15, -0.1) is 0 Å². The summed E-state index contributed by atoms with van der Waals surface area (Å²) in [5.41, 5.74) is -1.37. The fraction of sp³-hybridized carbons (Fsp3) is 0.903. The van der Waals surface area contributed by atoms with E-state index in [2.05, 4.69) is 33.8 Å². The lowest BCUT2D eigenvalue weighted by atomic mass is 9.32. The molecule has 0 aliphatic heterocycles. The van der Waals surface area contributed by atoms with Gasteiger partial charge in [0.25, 0.3) is 0 Å². The summed E-state index contributed by atoms with van der Waals surface area (Å²) in [4.78, 5) is 12.1. The SMILES string of the molecule is C[C@@H]1CC[C@]2(CC(=O)O)CC[C@]3(C)C(=CCC4[C@@]5(C)C[C@@H](O)[C@@H](O)[C@@](C)(CO)C5CC[C@]43C)C2[C@]1(C)O. The van der Waals surface area contributed by atoms with Crippen LogP contribution < -0.4 is 0 Å². The summed E-state index contributed by atoms with van der Waals surface area (Å²) in [6.45, 7) is 12.9. The molecule has 6 heteroatoms. The minimum absolute atomic E-state index is 0.0904. The van der Waals surface area contributed by atoms with Crippen LogP contribution in [-0.4, -0.2) is 55.9 Å². The van der Waals surface area contributed by atoms with Crippen molar-refractivity contribution in [1.82, 2.24) is 0 Å². The highest BCUT2D eigenvalue weighted by Gasteiger charge is 2.71. The first-order valence-electron chi connectivity index (χ1n) is 14.7. The Morgan fingerprint density at radius 2 is 1.68 bits per heavy atom. The molecular formula is C31H50O6. The summed E-state index contributed by atoms with van der Waals surface area (Å²) < 4.78 is 0. The highest BCUT2D eigenvalue weighted by molar-refractivity contribution is 5.68. The van der Waals surface area contributed by atoms with Crippen molar-refractivity contribution in [3.05, 3.63) is 11.6 Å². The topological polar surface area (TPSA) is 118 Å². The van der Waals surface area contributed by atoms with Crippen LogP contribution in [0.4, 0.5) is 0 Å². The molecule has 12 atom stereocenters. The Kier molecular flexibility index (Phi) is 6.18. The van der Waals surface area contributed by atoms with Gasteiger partial charge >= 0.3 is 5.97 Å². The first-order valence-corrected chi connectivity index (χ1v) is 14.7. The number of hydrogen-bond acceptors (Lipinski definition) is 5. The van der Waals surface area contributed by atoms with Crippen LogP contribution in [-0.2, 0) is 4.79 Å². The number of aliphatic hydroxyl groups is 4. The van der Waals surface area contributed by atoms with Crippen molar-refractivity contribution in [3.63, 3.8) is 0 Å². The van der Waals surface area contributed by atoms with E-state index in [1.54, 1.807) is 0 Å². The molecule has 0 spiro atoms. The summed E-state index contributed by atoms with van der Waals surface area (Å²) in [5, 5.41) is 54.4. The molecule has 5 N–H and O–H groups in total. The number of carbonyl (C=O) groups is 1. The van der Waals surface area contributed by atoms with Gasteiger partial charge in [0, 0.05) is 11.3 Å². The standard InChI is InChI=1S/C31H50O6/c1-18-9-12-31(16-23(34)35)14-13-28(4)19(24(31)30(18,6)37)7-8-22-26(2)15-20(33)25(36)27(3,17-32)21(26)10-11-29(22,28)5/h7,18,20-22,24-25,32-33,36-37H,8-17H2,1-6H3,(H,34,35)/t18-,20-,21?,22?,24?,25-,26+,27+,28-,29-,30-,31-/m1/s1. The maximum absolute atomic E-state index is 12.1. The van der Waals surface area contributed by atoms with Gasteiger partial charge in [0.15, 0.2) is 0 Å². The lowest BCUT2D eigenvalue weighted by Crippen LogP contribution is -2.69. The molecule has 0 aromatic rings. The second-order valence-corrected chi connectivity index (χ2v) is 15.2. The first kappa shape index (κ1) is 27.6. The maximum Gasteiger partial charge on any atom is 0.303 e. The third-order valence-corrected chi connectivity index (χ3v) is 13.8. The number of allylic oxidation sites excluding steroid dienone is 1. The zero-order chi connectivity index (χ0) is 27.4. The van der Waals surface area contributed by atoms with Gasteiger partial charge in [0.2, 0.25) is 0 Å². The van der Waals surface area contributed by atoms with Gasteiger partial charge in [-0.05, 0) is 97.7 Å². The second-order valence-electron chi connectivity index (χ2n) is 15.2. The number of rotatable bonds is 3. The zero-order valence-corrected chi connectivity index (χ0v) is 23.8. The highest BCUT2D eigenvalue weighted by atomic mass is 16.4. The van der Waals surface area contributed by atoms with Crippen molar-refractivity contribution >= 4 is 5.97 Å². The van der Waals surface area contributed by atoms with E-state index in [1.807, 2.05) is 13.8 Å². The molecule has 5 aliphatic carbocycles. The van der Waals surface area contributed by atoms with Crippen LogP contribution in [0, 0.1) is 50.7 Å². The summed E-state index contributed by atoms with van der Waals surface area (Å²) in [7, 11) is 0. The van der Waals surface area contributed by atoms with E-state index in [0.717, 1.165) is 44.9 Å². The van der Waals surface area contributed by atoms with Gasteiger partial charge in [0.05, 0.1) is 30.8 Å². The van der Waals surface area contributed by atoms with Crippen LogP contribution in [0.1, 0.15) is 99.3 Å². The summed E-state index contributed by atoms with van der Waals surface area (Å²) in [6.07, 6.45) is 7.25. The van der Waals surface area contributed by atoms with Crippen LogP contribution in [0.25, 0.3) is 0 Å². The number of aliphatic carboxylic acids is 1. The molecule has 4 saturated carbocycles. The quantitative estimate of drug-likeness (QED) is 0.350. The molecule has 0 bridgehead atoms. The van der Waals surface area contributed by atoms with E-state index in [4.69, 9.17) is 0 Å². The molecule has 37 heavy (non-hydrogen) atoms. The summed E-state index contributed by atoms with van der Waals surface area (Å²) in [6, 6.07) is 0. The molecule has 6 nitrogen and oxygen atoms in total. The van der Waals surface area contributed by atoms with Crippen LogP contribution >= 0.6 is 0 Å².